The summed E-state index contributed by atoms with van der Waals surface area (Å²) < 4.78 is 21.3. The quantitative estimate of drug-likeness (QED) is 0.317. The van der Waals surface area contributed by atoms with E-state index < -0.39 is 12.3 Å². The van der Waals surface area contributed by atoms with Crippen molar-refractivity contribution in [3.63, 3.8) is 0 Å². The number of rotatable bonds is 8. The third-order valence-corrected chi connectivity index (χ3v) is 2.71. The molecule has 0 aromatic heterocycles. The Labute approximate surface area is 136 Å². The maximum absolute atomic E-state index is 12.6. The van der Waals surface area contributed by atoms with Gasteiger partial charge in [-0.15, -0.1) is 0 Å². The molecule has 0 saturated carbocycles. The van der Waals surface area contributed by atoms with Crippen molar-refractivity contribution >= 4 is 11.8 Å². The second-order valence-electron chi connectivity index (χ2n) is 5.53. The van der Waals surface area contributed by atoms with E-state index in [1.54, 1.807) is 6.07 Å². The molecule has 1 aromatic rings. The number of methoxy groups -OCH3 is 1. The number of hydrogen-bond donors (Lipinski definition) is 0. The molecule has 0 saturated heterocycles. The van der Waals surface area contributed by atoms with Crippen LogP contribution in [0.25, 0.3) is 0 Å². The van der Waals surface area contributed by atoms with Crippen LogP contribution in [0.5, 0.6) is 11.5 Å². The first kappa shape index (κ1) is 19.1. The molecule has 0 aliphatic carbocycles. The van der Waals surface area contributed by atoms with Crippen LogP contribution in [0.1, 0.15) is 45.0 Å². The molecular weight excluding hydrogens is 300 g/mol. The monoisotopic (exact) mass is 324 g/mol. The number of carbonyl (C=O) groups excluding carboxylic acids is 2. The van der Waals surface area contributed by atoms with Gasteiger partial charge >= 0.3 is 5.97 Å². The van der Waals surface area contributed by atoms with Crippen LogP contribution in [-0.4, -0.2) is 37.4 Å². The van der Waals surface area contributed by atoms with E-state index in [0.29, 0.717) is 11.3 Å². The Hall–Kier alpha value is -1.92. The van der Waals surface area contributed by atoms with Crippen LogP contribution in [0.3, 0.4) is 0 Å². The van der Waals surface area contributed by atoms with Crippen LogP contribution in [0, 0.1) is 0 Å². The Bertz CT molecular complexity index is 540. The minimum absolute atomic E-state index is 0.162. The Kier molecular flexibility index (Phi) is 7.19. The van der Waals surface area contributed by atoms with Crippen LogP contribution in [-0.2, 0) is 14.3 Å². The van der Waals surface area contributed by atoms with E-state index in [-0.39, 0.29) is 23.7 Å². The highest BCUT2D eigenvalue weighted by Crippen LogP contribution is 2.29. The summed E-state index contributed by atoms with van der Waals surface area (Å²) in [5, 5.41) is 0. The maximum Gasteiger partial charge on any atom is 0.308 e. The van der Waals surface area contributed by atoms with Crippen molar-refractivity contribution in [2.24, 2.45) is 0 Å². The number of Topliss-reactive ketones (excluding diaryl/α,β-unsaturated/α-hetero) is 1. The summed E-state index contributed by atoms with van der Waals surface area (Å²) in [6, 6.07) is 4.56. The third kappa shape index (κ3) is 6.00. The summed E-state index contributed by atoms with van der Waals surface area (Å²) in [6.45, 7) is 8.60. The first-order chi connectivity index (χ1) is 10.7. The van der Waals surface area contributed by atoms with Crippen LogP contribution in [0.4, 0.5) is 0 Å². The number of esters is 1. The van der Waals surface area contributed by atoms with E-state index >= 15 is 0 Å². The lowest BCUT2D eigenvalue weighted by Gasteiger charge is -2.22. The van der Waals surface area contributed by atoms with Crippen LogP contribution in [0.15, 0.2) is 18.2 Å². The minimum atomic E-state index is -1.00. The van der Waals surface area contributed by atoms with E-state index in [2.05, 4.69) is 0 Å². The highest BCUT2D eigenvalue weighted by molar-refractivity contribution is 5.99. The lowest BCUT2D eigenvalue weighted by molar-refractivity contribution is -0.152. The topological polar surface area (TPSA) is 71.1 Å². The molecule has 0 aliphatic rings. The third-order valence-electron chi connectivity index (χ3n) is 2.71. The summed E-state index contributed by atoms with van der Waals surface area (Å²) in [4.78, 5) is 23.7. The predicted octanol–water partition coefficient (Wildman–Crippen LogP) is 2.98. The standard InChI is InChI=1S/C17H24O6/c1-10(2)21-17(22-11(3)4)16(19)13-7-8-14(23-12(5)18)15(9-13)20-6/h7-11,17H,1-6H3. The van der Waals surface area contributed by atoms with Crippen molar-refractivity contribution in [3.05, 3.63) is 23.8 Å². The summed E-state index contributed by atoms with van der Waals surface area (Å²) in [5.74, 6) is -0.242. The van der Waals surface area contributed by atoms with Crippen molar-refractivity contribution < 1.29 is 28.5 Å². The number of hydrogen-bond acceptors (Lipinski definition) is 6. The normalized spacial score (nSPS) is 11.2. The average molecular weight is 324 g/mol. The Morgan fingerprint density at radius 2 is 1.52 bits per heavy atom. The van der Waals surface area contributed by atoms with E-state index in [1.807, 2.05) is 27.7 Å². The maximum atomic E-state index is 12.6. The molecule has 0 spiro atoms. The van der Waals surface area contributed by atoms with Crippen molar-refractivity contribution in [1.29, 1.82) is 0 Å². The molecule has 0 atom stereocenters. The molecule has 6 nitrogen and oxygen atoms in total. The molecule has 23 heavy (non-hydrogen) atoms. The van der Waals surface area contributed by atoms with Gasteiger partial charge in [0.05, 0.1) is 19.3 Å². The molecule has 0 bridgehead atoms. The molecule has 0 amide bonds. The van der Waals surface area contributed by atoms with Crippen LogP contribution in [0.2, 0.25) is 0 Å². The van der Waals surface area contributed by atoms with Gasteiger partial charge in [0, 0.05) is 12.5 Å². The fourth-order valence-corrected chi connectivity index (χ4v) is 1.85. The summed E-state index contributed by atoms with van der Waals surface area (Å²) in [7, 11) is 1.43. The number of ketones is 1. The Balaban J connectivity index is 3.06. The molecule has 128 valence electrons. The Morgan fingerprint density at radius 1 is 0.957 bits per heavy atom. The lowest BCUT2D eigenvalue weighted by atomic mass is 10.1. The van der Waals surface area contributed by atoms with E-state index in [0.717, 1.165) is 0 Å². The second kappa shape index (κ2) is 8.64. The molecule has 0 unspecified atom stereocenters. The summed E-state index contributed by atoms with van der Waals surface area (Å²) in [6.07, 6.45) is -1.32. The highest BCUT2D eigenvalue weighted by Gasteiger charge is 2.25. The Morgan fingerprint density at radius 3 is 1.96 bits per heavy atom. The number of ether oxygens (including phenoxy) is 4. The SMILES string of the molecule is COc1cc(C(=O)C(OC(C)C)OC(C)C)ccc1OC(C)=O. The lowest BCUT2D eigenvalue weighted by Crippen LogP contribution is -2.32. The first-order valence-electron chi connectivity index (χ1n) is 7.46. The van der Waals surface area contributed by atoms with Gasteiger partial charge in [0.2, 0.25) is 12.1 Å². The van der Waals surface area contributed by atoms with Gasteiger partial charge in [0.1, 0.15) is 0 Å². The fraction of sp³-hybridized carbons (Fsp3) is 0.529. The molecule has 0 N–H and O–H groups in total. The van der Waals surface area contributed by atoms with Gasteiger partial charge in [-0.1, -0.05) is 0 Å². The molecule has 0 aliphatic heterocycles. The number of benzene rings is 1. The zero-order valence-corrected chi connectivity index (χ0v) is 14.4. The van der Waals surface area contributed by atoms with E-state index in [4.69, 9.17) is 18.9 Å². The number of carbonyl (C=O) groups is 2. The van der Waals surface area contributed by atoms with Gasteiger partial charge in [-0.25, -0.2) is 0 Å². The molecule has 6 heteroatoms. The van der Waals surface area contributed by atoms with Crippen molar-refractivity contribution in [2.45, 2.75) is 53.1 Å². The molecule has 1 aromatic carbocycles. The highest BCUT2D eigenvalue weighted by atomic mass is 16.7. The van der Waals surface area contributed by atoms with Gasteiger partial charge in [-0.05, 0) is 45.9 Å². The fourth-order valence-electron chi connectivity index (χ4n) is 1.85. The summed E-state index contributed by atoms with van der Waals surface area (Å²) >= 11 is 0. The predicted molar refractivity (Wildman–Crippen MR) is 84.9 cm³/mol. The molecule has 0 heterocycles. The van der Waals surface area contributed by atoms with Gasteiger partial charge in [-0.3, -0.25) is 9.59 Å². The molecule has 0 fully saturated rings. The summed E-state index contributed by atoms with van der Waals surface area (Å²) in [5.41, 5.74) is 0.351. The zero-order valence-electron chi connectivity index (χ0n) is 14.4. The molecule has 0 radical (unpaired) electrons. The van der Waals surface area contributed by atoms with Gasteiger partial charge in [-0.2, -0.15) is 0 Å². The zero-order chi connectivity index (χ0) is 17.6. The van der Waals surface area contributed by atoms with Crippen LogP contribution < -0.4 is 9.47 Å². The smallest absolute Gasteiger partial charge is 0.308 e. The van der Waals surface area contributed by atoms with Gasteiger partial charge in [0.15, 0.2) is 11.5 Å². The van der Waals surface area contributed by atoms with E-state index in [1.165, 1.54) is 26.2 Å². The first-order valence-corrected chi connectivity index (χ1v) is 7.46. The van der Waals surface area contributed by atoms with E-state index in [9.17, 15) is 9.59 Å². The van der Waals surface area contributed by atoms with Gasteiger partial charge in [0.25, 0.3) is 0 Å². The minimum Gasteiger partial charge on any atom is -0.493 e. The second-order valence-corrected chi connectivity index (χ2v) is 5.53. The van der Waals surface area contributed by atoms with Crippen molar-refractivity contribution in [1.82, 2.24) is 0 Å². The van der Waals surface area contributed by atoms with Crippen molar-refractivity contribution in [2.75, 3.05) is 7.11 Å². The average Bonchev–Trinajstić information content (AvgIpc) is 2.44. The molecular formula is C17H24O6. The van der Waals surface area contributed by atoms with Gasteiger partial charge < -0.3 is 18.9 Å². The molecule has 1 rings (SSSR count). The van der Waals surface area contributed by atoms with Crippen LogP contribution >= 0.6 is 0 Å². The van der Waals surface area contributed by atoms with Crippen molar-refractivity contribution in [3.8, 4) is 11.5 Å². The largest absolute Gasteiger partial charge is 0.493 e.